The zero-order valence-corrected chi connectivity index (χ0v) is 10.9. The number of alkyl halides is 3. The summed E-state index contributed by atoms with van der Waals surface area (Å²) in [7, 11) is 0. The van der Waals surface area contributed by atoms with Crippen molar-refractivity contribution in [2.75, 3.05) is 4.90 Å². The monoisotopic (exact) mass is 352 g/mol. The van der Waals surface area contributed by atoms with Crippen molar-refractivity contribution in [3.8, 4) is 5.75 Å². The quantitative estimate of drug-likeness (QED) is 0.651. The fourth-order valence-electron chi connectivity index (χ4n) is 1.47. The highest BCUT2D eigenvalue weighted by atomic mass is 79.9. The van der Waals surface area contributed by atoms with Crippen LogP contribution in [0.3, 0.4) is 0 Å². The van der Waals surface area contributed by atoms with Gasteiger partial charge in [-0.1, -0.05) is 0 Å². The van der Waals surface area contributed by atoms with Crippen molar-refractivity contribution in [3.63, 3.8) is 0 Å². The van der Waals surface area contributed by atoms with E-state index in [1.807, 2.05) is 0 Å². The largest absolute Gasteiger partial charge is 0.573 e. The first-order valence-electron chi connectivity index (χ1n) is 4.94. The van der Waals surface area contributed by atoms with Crippen LogP contribution in [-0.2, 0) is 9.59 Å². The summed E-state index contributed by atoms with van der Waals surface area (Å²) in [5, 5.41) is 1.76. The molecule has 0 unspecified atom stereocenters. The van der Waals surface area contributed by atoms with E-state index < -0.39 is 30.0 Å². The number of anilines is 1. The highest BCUT2D eigenvalue weighted by molar-refractivity contribution is 9.10. The van der Waals surface area contributed by atoms with Crippen LogP contribution in [-0.4, -0.2) is 24.2 Å². The van der Waals surface area contributed by atoms with Crippen LogP contribution in [0, 0.1) is 0 Å². The highest BCUT2D eigenvalue weighted by Gasteiger charge is 2.38. The maximum absolute atomic E-state index is 12.1. The molecule has 20 heavy (non-hydrogen) atoms. The van der Waals surface area contributed by atoms with Gasteiger partial charge in [-0.15, -0.1) is 13.2 Å². The Morgan fingerprint density at radius 3 is 2.30 bits per heavy atom. The molecule has 106 valence electrons. The minimum absolute atomic E-state index is 0.0697. The van der Waals surface area contributed by atoms with Crippen molar-refractivity contribution < 1.29 is 32.3 Å². The smallest absolute Gasteiger partial charge is 0.405 e. The number of benzene rings is 1. The van der Waals surface area contributed by atoms with Gasteiger partial charge in [0.15, 0.2) is 0 Å². The van der Waals surface area contributed by atoms with Gasteiger partial charge in [0.25, 0.3) is 0 Å². The van der Waals surface area contributed by atoms with Crippen LogP contribution in [0.15, 0.2) is 22.7 Å². The van der Waals surface area contributed by atoms with Gasteiger partial charge in [-0.3, -0.25) is 14.9 Å². The van der Waals surface area contributed by atoms with Crippen LogP contribution in [0.1, 0.15) is 0 Å². The van der Waals surface area contributed by atoms with Gasteiger partial charge in [0.05, 0.1) is 10.2 Å². The third-order valence-corrected chi connectivity index (χ3v) is 2.84. The first-order valence-corrected chi connectivity index (χ1v) is 5.73. The van der Waals surface area contributed by atoms with Crippen molar-refractivity contribution in [1.29, 1.82) is 0 Å². The molecule has 2 rings (SSSR count). The molecule has 6 nitrogen and oxygen atoms in total. The number of hydrogen-bond acceptors (Lipinski definition) is 4. The molecule has 0 spiro atoms. The number of carbonyl (C=O) groups excluding carboxylic acids is 3. The van der Waals surface area contributed by atoms with Crippen molar-refractivity contribution >= 4 is 39.5 Å². The van der Waals surface area contributed by atoms with E-state index in [2.05, 4.69) is 20.7 Å². The van der Waals surface area contributed by atoms with Crippen molar-refractivity contribution in [3.05, 3.63) is 22.7 Å². The number of amides is 4. The average Bonchev–Trinajstić information content (AvgIpc) is 2.55. The summed E-state index contributed by atoms with van der Waals surface area (Å²) < 4.78 is 39.8. The lowest BCUT2D eigenvalue weighted by Gasteiger charge is -2.14. The second kappa shape index (κ2) is 4.78. The highest BCUT2D eigenvalue weighted by Crippen LogP contribution is 2.34. The molecule has 0 bridgehead atoms. The van der Waals surface area contributed by atoms with E-state index in [0.717, 1.165) is 18.2 Å². The maximum atomic E-state index is 12.1. The maximum Gasteiger partial charge on any atom is 0.573 e. The molecule has 0 aliphatic carbocycles. The second-order valence-corrected chi connectivity index (χ2v) is 4.42. The van der Waals surface area contributed by atoms with Gasteiger partial charge >= 0.3 is 24.2 Å². The summed E-state index contributed by atoms with van der Waals surface area (Å²) in [6.07, 6.45) is -4.87. The number of halogens is 4. The Labute approximate surface area is 117 Å². The Bertz CT molecular complexity index is 617. The lowest BCUT2D eigenvalue weighted by atomic mass is 10.3. The molecule has 1 aromatic rings. The van der Waals surface area contributed by atoms with Crippen LogP contribution < -0.4 is 15.0 Å². The Hall–Kier alpha value is -2.10. The van der Waals surface area contributed by atoms with E-state index in [9.17, 15) is 27.6 Å². The fourth-order valence-corrected chi connectivity index (χ4v) is 1.92. The van der Waals surface area contributed by atoms with E-state index in [1.54, 1.807) is 5.32 Å². The van der Waals surface area contributed by atoms with Gasteiger partial charge in [0.2, 0.25) is 0 Å². The summed E-state index contributed by atoms with van der Waals surface area (Å²) >= 11 is 2.82. The summed E-state index contributed by atoms with van der Waals surface area (Å²) in [6.45, 7) is 0. The number of urea groups is 1. The molecule has 0 atom stereocenters. The molecule has 1 aliphatic heterocycles. The average molecular weight is 353 g/mol. The van der Waals surface area contributed by atoms with Crippen LogP contribution in [0.4, 0.5) is 23.7 Å². The van der Waals surface area contributed by atoms with Crippen molar-refractivity contribution in [2.45, 2.75) is 6.36 Å². The molecule has 0 saturated carbocycles. The van der Waals surface area contributed by atoms with Gasteiger partial charge in [0, 0.05) is 0 Å². The topological polar surface area (TPSA) is 75.7 Å². The van der Waals surface area contributed by atoms with Crippen LogP contribution in [0.5, 0.6) is 5.75 Å². The Kier molecular flexibility index (Phi) is 3.42. The molecule has 1 saturated heterocycles. The molecular formula is C10H4BrF3N2O4. The number of rotatable bonds is 2. The number of nitrogens with zero attached hydrogens (tertiary/aromatic N) is 1. The standard InChI is InChI=1S/C10H4BrF3N2O4/c11-5-3-4(1-2-6(5)20-10(12,13)14)16-8(18)7(17)15-9(16)19/h1-3H,(H,15,17,19). The minimum atomic E-state index is -4.87. The number of imide groups is 2. The third kappa shape index (κ3) is 2.74. The predicted octanol–water partition coefficient (Wildman–Crippen LogP) is 1.93. The zero-order valence-electron chi connectivity index (χ0n) is 9.32. The molecule has 1 fully saturated rings. The summed E-state index contributed by atoms with van der Waals surface area (Å²) in [5.41, 5.74) is -0.0697. The Balaban J connectivity index is 2.32. The minimum Gasteiger partial charge on any atom is -0.405 e. The van der Waals surface area contributed by atoms with Gasteiger partial charge in [0.1, 0.15) is 5.75 Å². The first kappa shape index (κ1) is 14.3. The summed E-state index contributed by atoms with van der Waals surface area (Å²) in [4.78, 5) is 34.3. The molecule has 1 aliphatic rings. The summed E-state index contributed by atoms with van der Waals surface area (Å²) in [6, 6.07) is 2.03. The van der Waals surface area contributed by atoms with E-state index in [0.29, 0.717) is 4.90 Å². The number of carbonyl (C=O) groups is 3. The molecular weight excluding hydrogens is 349 g/mol. The number of hydrogen-bond donors (Lipinski definition) is 1. The number of ether oxygens (including phenoxy) is 1. The Morgan fingerprint density at radius 2 is 1.85 bits per heavy atom. The molecule has 1 aromatic carbocycles. The van der Waals surface area contributed by atoms with E-state index in [1.165, 1.54) is 0 Å². The zero-order chi connectivity index (χ0) is 15.1. The van der Waals surface area contributed by atoms with Crippen LogP contribution in [0.25, 0.3) is 0 Å². The van der Waals surface area contributed by atoms with E-state index in [4.69, 9.17) is 0 Å². The van der Waals surface area contributed by atoms with Crippen molar-refractivity contribution in [1.82, 2.24) is 5.32 Å². The van der Waals surface area contributed by atoms with Gasteiger partial charge in [-0.05, 0) is 34.1 Å². The second-order valence-electron chi connectivity index (χ2n) is 3.56. The molecule has 0 radical (unpaired) electrons. The molecule has 1 N–H and O–H groups in total. The first-order chi connectivity index (χ1) is 9.19. The lowest BCUT2D eigenvalue weighted by molar-refractivity contribution is -0.274. The fraction of sp³-hybridized carbons (Fsp3) is 0.100. The van der Waals surface area contributed by atoms with Gasteiger partial charge in [-0.25, -0.2) is 9.69 Å². The summed E-state index contributed by atoms with van der Waals surface area (Å²) in [5.74, 6) is -2.77. The molecule has 1 heterocycles. The molecule has 0 aromatic heterocycles. The normalized spacial score (nSPS) is 15.6. The third-order valence-electron chi connectivity index (χ3n) is 2.22. The van der Waals surface area contributed by atoms with Crippen LogP contribution in [0.2, 0.25) is 0 Å². The van der Waals surface area contributed by atoms with Crippen LogP contribution >= 0.6 is 15.9 Å². The predicted molar refractivity (Wildman–Crippen MR) is 61.8 cm³/mol. The molecule has 4 amide bonds. The van der Waals surface area contributed by atoms with Gasteiger partial charge in [-0.2, -0.15) is 0 Å². The Morgan fingerprint density at radius 1 is 1.20 bits per heavy atom. The van der Waals surface area contributed by atoms with Crippen molar-refractivity contribution in [2.24, 2.45) is 0 Å². The van der Waals surface area contributed by atoms with Gasteiger partial charge < -0.3 is 4.74 Å². The SMILES string of the molecule is O=C1NC(=O)N(c2ccc(OC(F)(F)F)c(Br)c2)C1=O. The lowest BCUT2D eigenvalue weighted by Crippen LogP contribution is -2.30. The van der Waals surface area contributed by atoms with E-state index in [-0.39, 0.29) is 10.2 Å². The number of nitrogens with one attached hydrogen (secondary N) is 1. The van der Waals surface area contributed by atoms with E-state index >= 15 is 0 Å². The molecule has 10 heteroatoms.